The van der Waals surface area contributed by atoms with E-state index in [1.807, 2.05) is 36.6 Å². The molecule has 2 aromatic rings. The number of aromatic nitrogens is 1. The standard InChI is InChI=1S/C16H17N3O2S2/c1-2-19-12-6-3-7-17-15(12)23-13(16(19)21)9-14(20)18-10-11-5-4-8-22-11/h3-8,13H,2,9-10H2,1H3,(H,18,20). The maximum absolute atomic E-state index is 12.6. The summed E-state index contributed by atoms with van der Waals surface area (Å²) >= 11 is 2.98. The van der Waals surface area contributed by atoms with E-state index in [-0.39, 0.29) is 18.2 Å². The highest BCUT2D eigenvalue weighted by Crippen LogP contribution is 2.38. The Kier molecular flexibility index (Phi) is 4.97. The fourth-order valence-electron chi connectivity index (χ4n) is 2.45. The van der Waals surface area contributed by atoms with Gasteiger partial charge in [0.25, 0.3) is 0 Å². The number of anilines is 1. The Labute approximate surface area is 143 Å². The predicted octanol–water partition coefficient (Wildman–Crippen LogP) is 2.68. The Morgan fingerprint density at radius 2 is 2.26 bits per heavy atom. The van der Waals surface area contributed by atoms with Crippen molar-refractivity contribution in [2.45, 2.75) is 30.2 Å². The third-order valence-electron chi connectivity index (χ3n) is 3.56. The van der Waals surface area contributed by atoms with Gasteiger partial charge >= 0.3 is 0 Å². The zero-order valence-corrected chi connectivity index (χ0v) is 14.3. The largest absolute Gasteiger partial charge is 0.351 e. The van der Waals surface area contributed by atoms with E-state index in [1.165, 1.54) is 11.8 Å². The number of amides is 2. The number of carbonyl (C=O) groups is 2. The summed E-state index contributed by atoms with van der Waals surface area (Å²) < 4.78 is 0. The third-order valence-corrected chi connectivity index (χ3v) is 5.63. The van der Waals surface area contributed by atoms with Crippen LogP contribution in [0.15, 0.2) is 40.9 Å². The third kappa shape index (κ3) is 3.56. The normalized spacial score (nSPS) is 17.0. The van der Waals surface area contributed by atoms with Gasteiger partial charge in [-0.05, 0) is 30.5 Å². The number of thioether (sulfide) groups is 1. The number of rotatable bonds is 5. The molecule has 0 saturated heterocycles. The lowest BCUT2D eigenvalue weighted by atomic mass is 10.2. The van der Waals surface area contributed by atoms with Gasteiger partial charge in [-0.3, -0.25) is 9.59 Å². The van der Waals surface area contributed by atoms with Crippen molar-refractivity contribution in [1.29, 1.82) is 0 Å². The van der Waals surface area contributed by atoms with Crippen LogP contribution in [0.1, 0.15) is 18.2 Å². The van der Waals surface area contributed by atoms with Gasteiger partial charge in [0.1, 0.15) is 5.03 Å². The highest BCUT2D eigenvalue weighted by molar-refractivity contribution is 8.00. The number of hydrogen-bond donors (Lipinski definition) is 1. The van der Waals surface area contributed by atoms with Crippen LogP contribution in [0.2, 0.25) is 0 Å². The average Bonchev–Trinajstić information content (AvgIpc) is 3.07. The van der Waals surface area contributed by atoms with E-state index < -0.39 is 5.25 Å². The van der Waals surface area contributed by atoms with Crippen molar-refractivity contribution in [3.63, 3.8) is 0 Å². The highest BCUT2D eigenvalue weighted by atomic mass is 32.2. The van der Waals surface area contributed by atoms with E-state index in [1.54, 1.807) is 22.4 Å². The Hall–Kier alpha value is -1.86. The van der Waals surface area contributed by atoms with Crippen molar-refractivity contribution < 1.29 is 9.59 Å². The smallest absolute Gasteiger partial charge is 0.241 e. The van der Waals surface area contributed by atoms with Crippen LogP contribution < -0.4 is 10.2 Å². The summed E-state index contributed by atoms with van der Waals surface area (Å²) in [5.41, 5.74) is 0.834. The van der Waals surface area contributed by atoms with E-state index in [2.05, 4.69) is 10.3 Å². The minimum Gasteiger partial charge on any atom is -0.351 e. The van der Waals surface area contributed by atoms with Gasteiger partial charge < -0.3 is 10.2 Å². The molecule has 1 unspecified atom stereocenters. The molecule has 23 heavy (non-hydrogen) atoms. The zero-order valence-electron chi connectivity index (χ0n) is 12.7. The Balaban J connectivity index is 1.66. The maximum atomic E-state index is 12.6. The fourth-order valence-corrected chi connectivity index (χ4v) is 4.25. The molecule has 7 heteroatoms. The second kappa shape index (κ2) is 7.14. The van der Waals surface area contributed by atoms with E-state index in [9.17, 15) is 9.59 Å². The molecule has 1 aliphatic rings. The predicted molar refractivity (Wildman–Crippen MR) is 92.7 cm³/mol. The zero-order chi connectivity index (χ0) is 16.2. The van der Waals surface area contributed by atoms with Gasteiger partial charge in [0.2, 0.25) is 11.8 Å². The van der Waals surface area contributed by atoms with Crippen LogP contribution in [0.4, 0.5) is 5.69 Å². The topological polar surface area (TPSA) is 62.3 Å². The second-order valence-electron chi connectivity index (χ2n) is 5.08. The molecule has 0 aromatic carbocycles. The van der Waals surface area contributed by atoms with Crippen molar-refractivity contribution in [2.24, 2.45) is 0 Å². The summed E-state index contributed by atoms with van der Waals surface area (Å²) in [6, 6.07) is 7.64. The molecule has 2 amide bonds. The molecule has 0 spiro atoms. The summed E-state index contributed by atoms with van der Waals surface area (Å²) in [5, 5.41) is 5.25. The van der Waals surface area contributed by atoms with Gasteiger partial charge in [0, 0.05) is 24.0 Å². The molecule has 0 saturated carbocycles. The van der Waals surface area contributed by atoms with Gasteiger partial charge in [0.15, 0.2) is 0 Å². The van der Waals surface area contributed by atoms with Crippen molar-refractivity contribution in [1.82, 2.24) is 10.3 Å². The Morgan fingerprint density at radius 3 is 3.00 bits per heavy atom. The number of nitrogens with one attached hydrogen (secondary N) is 1. The molecule has 3 heterocycles. The Morgan fingerprint density at radius 1 is 1.39 bits per heavy atom. The molecular weight excluding hydrogens is 330 g/mol. The minimum atomic E-state index is -0.416. The molecule has 1 aliphatic heterocycles. The SMILES string of the molecule is CCN1C(=O)C(CC(=O)NCc2cccs2)Sc2ncccc21. The van der Waals surface area contributed by atoms with Crippen molar-refractivity contribution in [3.8, 4) is 0 Å². The molecule has 1 N–H and O–H groups in total. The number of carbonyl (C=O) groups excluding carboxylic acids is 2. The molecule has 5 nitrogen and oxygen atoms in total. The fraction of sp³-hybridized carbons (Fsp3) is 0.312. The summed E-state index contributed by atoms with van der Waals surface area (Å²) in [5.74, 6) is -0.135. The van der Waals surface area contributed by atoms with E-state index in [4.69, 9.17) is 0 Å². The first-order chi connectivity index (χ1) is 11.2. The molecule has 120 valence electrons. The van der Waals surface area contributed by atoms with Crippen molar-refractivity contribution in [2.75, 3.05) is 11.4 Å². The second-order valence-corrected chi connectivity index (χ2v) is 7.30. The molecule has 0 radical (unpaired) electrons. The van der Waals surface area contributed by atoms with E-state index in [0.29, 0.717) is 13.1 Å². The Bertz CT molecular complexity index is 703. The van der Waals surface area contributed by atoms with E-state index >= 15 is 0 Å². The molecule has 2 aromatic heterocycles. The number of hydrogen-bond acceptors (Lipinski definition) is 5. The van der Waals surface area contributed by atoms with Gasteiger partial charge in [-0.1, -0.05) is 17.8 Å². The first-order valence-corrected chi connectivity index (χ1v) is 9.17. The van der Waals surface area contributed by atoms with Crippen LogP contribution in [0.25, 0.3) is 0 Å². The number of thiophene rings is 1. The lowest BCUT2D eigenvalue weighted by Gasteiger charge is -2.31. The summed E-state index contributed by atoms with van der Waals surface area (Å²) in [6.45, 7) is 3.01. The van der Waals surface area contributed by atoms with Crippen LogP contribution in [-0.2, 0) is 16.1 Å². The quantitative estimate of drug-likeness (QED) is 0.903. The molecule has 0 aliphatic carbocycles. The van der Waals surface area contributed by atoms with Crippen LogP contribution >= 0.6 is 23.1 Å². The maximum Gasteiger partial charge on any atom is 0.241 e. The van der Waals surface area contributed by atoms with Gasteiger partial charge in [-0.2, -0.15) is 0 Å². The van der Waals surface area contributed by atoms with Crippen LogP contribution in [0, 0.1) is 0 Å². The lowest BCUT2D eigenvalue weighted by Crippen LogP contribution is -2.43. The molecular formula is C16H17N3O2S2. The molecule has 0 fully saturated rings. The minimum absolute atomic E-state index is 0.0238. The van der Waals surface area contributed by atoms with Gasteiger partial charge in [-0.15, -0.1) is 11.3 Å². The summed E-state index contributed by atoms with van der Waals surface area (Å²) in [7, 11) is 0. The highest BCUT2D eigenvalue weighted by Gasteiger charge is 2.34. The summed E-state index contributed by atoms with van der Waals surface area (Å²) in [4.78, 5) is 31.9. The molecule has 3 rings (SSSR count). The van der Waals surface area contributed by atoms with Gasteiger partial charge in [0.05, 0.1) is 17.5 Å². The number of fused-ring (bicyclic) bond motifs is 1. The van der Waals surface area contributed by atoms with Crippen LogP contribution in [0.3, 0.4) is 0 Å². The molecule has 0 bridgehead atoms. The van der Waals surface area contributed by atoms with Gasteiger partial charge in [-0.25, -0.2) is 4.98 Å². The van der Waals surface area contributed by atoms with Crippen molar-refractivity contribution >= 4 is 40.6 Å². The monoisotopic (exact) mass is 347 g/mol. The van der Waals surface area contributed by atoms with Crippen LogP contribution in [0.5, 0.6) is 0 Å². The molecule has 1 atom stereocenters. The average molecular weight is 347 g/mol. The first kappa shape index (κ1) is 16.0. The first-order valence-electron chi connectivity index (χ1n) is 7.41. The van der Waals surface area contributed by atoms with Crippen LogP contribution in [-0.4, -0.2) is 28.6 Å². The number of pyridine rings is 1. The number of nitrogens with zero attached hydrogens (tertiary/aromatic N) is 2. The lowest BCUT2D eigenvalue weighted by molar-refractivity contribution is -0.125. The van der Waals surface area contributed by atoms with Crippen molar-refractivity contribution in [3.05, 3.63) is 40.7 Å². The van der Waals surface area contributed by atoms with E-state index in [0.717, 1.165) is 15.6 Å². The summed E-state index contributed by atoms with van der Waals surface area (Å²) in [6.07, 6.45) is 1.88.